The topological polar surface area (TPSA) is 38.3 Å². The van der Waals surface area contributed by atoms with Gasteiger partial charge in [-0.3, -0.25) is 4.79 Å². The van der Waals surface area contributed by atoms with Gasteiger partial charge >= 0.3 is 0 Å². The number of carbonyl (C=O) groups is 1. The number of hydrogen-bond acceptors (Lipinski definition) is 3. The van der Waals surface area contributed by atoms with Crippen LogP contribution in [0, 0.1) is 6.92 Å². The normalized spacial score (nSPS) is 16.8. The maximum Gasteiger partial charge on any atom is 0.188 e. The second-order valence-electron chi connectivity index (χ2n) is 4.65. The van der Waals surface area contributed by atoms with Crippen molar-refractivity contribution in [2.75, 3.05) is 19.7 Å². The third-order valence-electron chi connectivity index (χ3n) is 3.23. The molecule has 1 aliphatic rings. The quantitative estimate of drug-likeness (QED) is 0.853. The van der Waals surface area contributed by atoms with Crippen LogP contribution in [-0.2, 0) is 4.74 Å². The average molecular weight is 268 g/mol. The first-order chi connectivity index (χ1) is 8.66. The second-order valence-corrected chi connectivity index (χ2v) is 5.05. The predicted molar refractivity (Wildman–Crippen MR) is 72.4 cm³/mol. The lowest BCUT2D eigenvalue weighted by Gasteiger charge is -2.22. The Kier molecular flexibility index (Phi) is 4.75. The molecule has 1 aromatic carbocycles. The zero-order valence-corrected chi connectivity index (χ0v) is 11.3. The molecule has 1 fully saturated rings. The van der Waals surface area contributed by atoms with E-state index in [0.717, 1.165) is 31.5 Å². The third kappa shape index (κ3) is 3.55. The number of carbonyl (C=O) groups excluding carboxylic acids is 1. The molecule has 1 heterocycles. The third-order valence-corrected chi connectivity index (χ3v) is 3.64. The van der Waals surface area contributed by atoms with E-state index in [4.69, 9.17) is 16.3 Å². The van der Waals surface area contributed by atoms with Gasteiger partial charge in [0.25, 0.3) is 0 Å². The lowest BCUT2D eigenvalue weighted by Crippen LogP contribution is -2.33. The van der Waals surface area contributed by atoms with Crippen LogP contribution in [0.3, 0.4) is 0 Å². The molecule has 0 bridgehead atoms. The molecule has 0 aliphatic carbocycles. The minimum absolute atomic E-state index is 0.00423. The van der Waals surface area contributed by atoms with Crippen LogP contribution in [0.2, 0.25) is 5.02 Å². The van der Waals surface area contributed by atoms with Crippen LogP contribution in [0.1, 0.15) is 28.8 Å². The molecular weight excluding hydrogens is 250 g/mol. The van der Waals surface area contributed by atoms with E-state index in [2.05, 4.69) is 5.32 Å². The highest BCUT2D eigenvalue weighted by atomic mass is 35.5. The van der Waals surface area contributed by atoms with E-state index in [1.54, 1.807) is 12.1 Å². The molecule has 18 heavy (non-hydrogen) atoms. The molecule has 1 saturated heterocycles. The first-order valence-corrected chi connectivity index (χ1v) is 6.66. The summed E-state index contributed by atoms with van der Waals surface area (Å²) in [5, 5.41) is 3.89. The fourth-order valence-corrected chi connectivity index (χ4v) is 2.19. The lowest BCUT2D eigenvalue weighted by atomic mass is 10.1. The number of rotatable bonds is 4. The second kappa shape index (κ2) is 6.32. The van der Waals surface area contributed by atoms with Gasteiger partial charge in [0.2, 0.25) is 0 Å². The number of benzene rings is 1. The van der Waals surface area contributed by atoms with Crippen molar-refractivity contribution in [3.8, 4) is 0 Å². The molecule has 0 unspecified atom stereocenters. The number of ketones is 1. The van der Waals surface area contributed by atoms with Crippen molar-refractivity contribution in [3.63, 3.8) is 0 Å². The van der Waals surface area contributed by atoms with Gasteiger partial charge < -0.3 is 10.1 Å². The Morgan fingerprint density at radius 3 is 2.83 bits per heavy atom. The van der Waals surface area contributed by atoms with Crippen molar-refractivity contribution >= 4 is 17.4 Å². The Balaban J connectivity index is 1.88. The maximum atomic E-state index is 12.0. The summed E-state index contributed by atoms with van der Waals surface area (Å²) in [6.07, 6.45) is 2.15. The number of halogens is 1. The van der Waals surface area contributed by atoms with Crippen LogP contribution in [0.5, 0.6) is 0 Å². The van der Waals surface area contributed by atoms with E-state index in [1.165, 1.54) is 0 Å². The smallest absolute Gasteiger partial charge is 0.188 e. The first-order valence-electron chi connectivity index (χ1n) is 6.28. The van der Waals surface area contributed by atoms with Crippen LogP contribution in [0.25, 0.3) is 0 Å². The monoisotopic (exact) mass is 267 g/mol. The summed E-state index contributed by atoms with van der Waals surface area (Å²) in [7, 11) is 0. The van der Waals surface area contributed by atoms with E-state index in [-0.39, 0.29) is 18.5 Å². The van der Waals surface area contributed by atoms with Crippen molar-refractivity contribution in [2.45, 2.75) is 25.9 Å². The molecule has 0 amide bonds. The van der Waals surface area contributed by atoms with Gasteiger partial charge in [-0.15, -0.1) is 0 Å². The van der Waals surface area contributed by atoms with E-state index in [0.29, 0.717) is 10.6 Å². The molecule has 3 nitrogen and oxygen atoms in total. The summed E-state index contributed by atoms with van der Waals surface area (Å²) in [6.45, 7) is 4.00. The van der Waals surface area contributed by atoms with Crippen molar-refractivity contribution in [1.29, 1.82) is 0 Å². The highest BCUT2D eigenvalue weighted by molar-refractivity contribution is 6.31. The number of aryl methyl sites for hydroxylation is 1. The van der Waals surface area contributed by atoms with E-state index >= 15 is 0 Å². The zero-order chi connectivity index (χ0) is 13.0. The SMILES string of the molecule is Cc1ccc(C(=O)COC2CCNCC2)cc1Cl. The Morgan fingerprint density at radius 2 is 2.17 bits per heavy atom. The van der Waals surface area contributed by atoms with Gasteiger partial charge in [-0.2, -0.15) is 0 Å². The minimum Gasteiger partial charge on any atom is -0.370 e. The first kappa shape index (κ1) is 13.5. The molecule has 2 rings (SSSR count). The Morgan fingerprint density at radius 1 is 1.44 bits per heavy atom. The summed E-state index contributed by atoms with van der Waals surface area (Å²) in [4.78, 5) is 12.0. The number of ether oxygens (including phenoxy) is 1. The summed E-state index contributed by atoms with van der Waals surface area (Å²) >= 11 is 6.01. The number of Topliss-reactive ketones (excluding diaryl/α,β-unsaturated/α-hetero) is 1. The highest BCUT2D eigenvalue weighted by Gasteiger charge is 2.15. The molecule has 0 radical (unpaired) electrons. The predicted octanol–water partition coefficient (Wildman–Crippen LogP) is 2.60. The van der Waals surface area contributed by atoms with Crippen molar-refractivity contribution < 1.29 is 9.53 Å². The molecular formula is C14H18ClNO2. The van der Waals surface area contributed by atoms with Gasteiger partial charge in [-0.1, -0.05) is 23.7 Å². The molecule has 1 N–H and O–H groups in total. The Labute approximate surface area is 112 Å². The van der Waals surface area contributed by atoms with E-state index < -0.39 is 0 Å². The average Bonchev–Trinajstić information content (AvgIpc) is 2.40. The summed E-state index contributed by atoms with van der Waals surface area (Å²) < 4.78 is 5.64. The molecule has 0 spiro atoms. The minimum atomic E-state index is -0.00423. The summed E-state index contributed by atoms with van der Waals surface area (Å²) in [5.74, 6) is -0.00423. The number of piperidine rings is 1. The fourth-order valence-electron chi connectivity index (χ4n) is 2.01. The Hall–Kier alpha value is -0.900. The van der Waals surface area contributed by atoms with Gasteiger partial charge in [0, 0.05) is 10.6 Å². The summed E-state index contributed by atoms with van der Waals surface area (Å²) in [6, 6.07) is 5.38. The zero-order valence-electron chi connectivity index (χ0n) is 10.5. The standard InChI is InChI=1S/C14H18ClNO2/c1-10-2-3-11(8-13(10)15)14(17)9-18-12-4-6-16-7-5-12/h2-3,8,12,16H,4-7,9H2,1H3. The number of hydrogen-bond donors (Lipinski definition) is 1. The lowest BCUT2D eigenvalue weighted by molar-refractivity contribution is 0.0318. The van der Waals surface area contributed by atoms with Crippen LogP contribution < -0.4 is 5.32 Å². The molecule has 0 aromatic heterocycles. The molecule has 98 valence electrons. The molecule has 0 saturated carbocycles. The van der Waals surface area contributed by atoms with Crippen molar-refractivity contribution in [1.82, 2.24) is 5.32 Å². The van der Waals surface area contributed by atoms with Crippen LogP contribution in [0.4, 0.5) is 0 Å². The van der Waals surface area contributed by atoms with Crippen LogP contribution in [0.15, 0.2) is 18.2 Å². The van der Waals surface area contributed by atoms with E-state index in [9.17, 15) is 4.79 Å². The van der Waals surface area contributed by atoms with Crippen LogP contribution >= 0.6 is 11.6 Å². The van der Waals surface area contributed by atoms with Crippen molar-refractivity contribution in [2.24, 2.45) is 0 Å². The van der Waals surface area contributed by atoms with Crippen LogP contribution in [-0.4, -0.2) is 31.6 Å². The fraction of sp³-hybridized carbons (Fsp3) is 0.500. The van der Waals surface area contributed by atoms with Gasteiger partial charge in [0.15, 0.2) is 5.78 Å². The van der Waals surface area contributed by atoms with Gasteiger partial charge in [0.05, 0.1) is 6.10 Å². The van der Waals surface area contributed by atoms with E-state index in [1.807, 2.05) is 13.0 Å². The Bertz CT molecular complexity index is 428. The molecule has 4 heteroatoms. The maximum absolute atomic E-state index is 12.0. The van der Waals surface area contributed by atoms with Gasteiger partial charge in [-0.25, -0.2) is 0 Å². The van der Waals surface area contributed by atoms with Gasteiger partial charge in [-0.05, 0) is 44.5 Å². The molecule has 1 aliphatic heterocycles. The van der Waals surface area contributed by atoms with Gasteiger partial charge in [0.1, 0.15) is 6.61 Å². The largest absolute Gasteiger partial charge is 0.370 e. The number of nitrogens with one attached hydrogen (secondary N) is 1. The summed E-state index contributed by atoms with van der Waals surface area (Å²) in [5.41, 5.74) is 1.60. The van der Waals surface area contributed by atoms with Crippen molar-refractivity contribution in [3.05, 3.63) is 34.3 Å². The molecule has 1 aromatic rings. The molecule has 0 atom stereocenters. The highest BCUT2D eigenvalue weighted by Crippen LogP contribution is 2.17.